The van der Waals surface area contributed by atoms with Crippen molar-refractivity contribution in [3.8, 4) is 0 Å². The van der Waals surface area contributed by atoms with Crippen molar-refractivity contribution in [1.82, 2.24) is 4.90 Å². The molecule has 3 amide bonds. The lowest BCUT2D eigenvalue weighted by Gasteiger charge is -2.30. The molecular formula is C20H22FN3O2. The Hall–Kier alpha value is -2.89. The van der Waals surface area contributed by atoms with Crippen LogP contribution in [-0.2, 0) is 0 Å². The molecule has 0 saturated carbocycles. The van der Waals surface area contributed by atoms with E-state index in [1.807, 2.05) is 4.90 Å². The number of hydrogen-bond acceptors (Lipinski definition) is 2. The topological polar surface area (TPSA) is 61.4 Å². The summed E-state index contributed by atoms with van der Waals surface area (Å²) in [6.07, 6.45) is 2.04. The van der Waals surface area contributed by atoms with Gasteiger partial charge in [0.05, 0.1) is 0 Å². The summed E-state index contributed by atoms with van der Waals surface area (Å²) >= 11 is 0. The van der Waals surface area contributed by atoms with E-state index in [1.54, 1.807) is 24.3 Å². The van der Waals surface area contributed by atoms with Crippen LogP contribution in [0.4, 0.5) is 20.6 Å². The molecule has 0 spiro atoms. The van der Waals surface area contributed by atoms with E-state index in [4.69, 9.17) is 0 Å². The second kappa shape index (κ2) is 7.99. The highest BCUT2D eigenvalue weighted by Gasteiger charge is 2.21. The quantitative estimate of drug-likeness (QED) is 0.860. The summed E-state index contributed by atoms with van der Waals surface area (Å²) in [5, 5.41) is 5.32. The number of halogens is 1. The fraction of sp³-hybridized carbons (Fsp3) is 0.300. The van der Waals surface area contributed by atoms with Gasteiger partial charge >= 0.3 is 6.03 Å². The number of benzene rings is 2. The Balaban J connectivity index is 1.62. The molecule has 0 aliphatic carbocycles. The first-order valence-electron chi connectivity index (χ1n) is 8.74. The molecule has 2 N–H and O–H groups in total. The lowest BCUT2D eigenvalue weighted by Crippen LogP contribution is -2.37. The van der Waals surface area contributed by atoms with Crippen molar-refractivity contribution in [2.45, 2.75) is 19.8 Å². The Bertz CT molecular complexity index is 784. The molecule has 26 heavy (non-hydrogen) atoms. The third kappa shape index (κ3) is 4.59. The van der Waals surface area contributed by atoms with E-state index in [9.17, 15) is 14.0 Å². The average Bonchev–Trinajstić information content (AvgIpc) is 2.64. The van der Waals surface area contributed by atoms with Gasteiger partial charge in [-0.15, -0.1) is 0 Å². The molecule has 2 aromatic carbocycles. The molecule has 0 atom stereocenters. The fourth-order valence-corrected chi connectivity index (χ4v) is 2.95. The van der Waals surface area contributed by atoms with Crippen molar-refractivity contribution in [1.29, 1.82) is 0 Å². The van der Waals surface area contributed by atoms with Crippen molar-refractivity contribution in [2.75, 3.05) is 23.7 Å². The van der Waals surface area contributed by atoms with E-state index in [0.29, 0.717) is 22.9 Å². The van der Waals surface area contributed by atoms with Crippen molar-refractivity contribution in [2.24, 2.45) is 5.92 Å². The van der Waals surface area contributed by atoms with Gasteiger partial charge in [-0.2, -0.15) is 0 Å². The third-order valence-corrected chi connectivity index (χ3v) is 4.54. The first-order valence-corrected chi connectivity index (χ1v) is 8.74. The average molecular weight is 355 g/mol. The van der Waals surface area contributed by atoms with Crippen LogP contribution < -0.4 is 10.6 Å². The van der Waals surface area contributed by atoms with Gasteiger partial charge in [0.25, 0.3) is 5.91 Å². The van der Waals surface area contributed by atoms with Crippen molar-refractivity contribution < 1.29 is 14.0 Å². The maximum absolute atomic E-state index is 12.9. The van der Waals surface area contributed by atoms with E-state index < -0.39 is 6.03 Å². The highest BCUT2D eigenvalue weighted by atomic mass is 19.1. The van der Waals surface area contributed by atoms with E-state index >= 15 is 0 Å². The maximum Gasteiger partial charge on any atom is 0.323 e. The summed E-state index contributed by atoms with van der Waals surface area (Å²) in [4.78, 5) is 26.6. The van der Waals surface area contributed by atoms with Crippen LogP contribution in [0.2, 0.25) is 0 Å². The Kier molecular flexibility index (Phi) is 5.51. The normalized spacial score (nSPS) is 14.8. The lowest BCUT2D eigenvalue weighted by atomic mass is 9.98. The third-order valence-electron chi connectivity index (χ3n) is 4.54. The van der Waals surface area contributed by atoms with Crippen LogP contribution in [-0.4, -0.2) is 29.9 Å². The number of anilines is 2. The van der Waals surface area contributed by atoms with Crippen LogP contribution in [0, 0.1) is 11.7 Å². The molecule has 5 nitrogen and oxygen atoms in total. The summed E-state index contributed by atoms with van der Waals surface area (Å²) in [6.45, 7) is 3.73. The summed E-state index contributed by atoms with van der Waals surface area (Å²) in [6, 6.07) is 11.9. The van der Waals surface area contributed by atoms with Crippen molar-refractivity contribution in [3.05, 3.63) is 59.9 Å². The minimum absolute atomic E-state index is 0.0144. The van der Waals surface area contributed by atoms with Crippen LogP contribution in [0.25, 0.3) is 0 Å². The van der Waals surface area contributed by atoms with Gasteiger partial charge in [0, 0.05) is 30.0 Å². The molecule has 2 aromatic rings. The van der Waals surface area contributed by atoms with Gasteiger partial charge in [0.1, 0.15) is 5.82 Å². The van der Waals surface area contributed by atoms with E-state index in [-0.39, 0.29) is 11.7 Å². The summed E-state index contributed by atoms with van der Waals surface area (Å²) in [5.74, 6) is 0.274. The minimum Gasteiger partial charge on any atom is -0.339 e. The van der Waals surface area contributed by atoms with Crippen LogP contribution in [0.5, 0.6) is 0 Å². The van der Waals surface area contributed by atoms with Crippen LogP contribution in [0.3, 0.4) is 0 Å². The molecule has 6 heteroatoms. The molecule has 3 rings (SSSR count). The van der Waals surface area contributed by atoms with E-state index in [0.717, 1.165) is 25.9 Å². The fourth-order valence-electron chi connectivity index (χ4n) is 2.95. The number of urea groups is 1. The number of nitrogens with zero attached hydrogens (tertiary/aromatic N) is 1. The predicted octanol–water partition coefficient (Wildman–Crippen LogP) is 4.34. The van der Waals surface area contributed by atoms with Gasteiger partial charge in [-0.1, -0.05) is 13.0 Å². The van der Waals surface area contributed by atoms with E-state index in [1.165, 1.54) is 24.3 Å². The van der Waals surface area contributed by atoms with Crippen LogP contribution in [0.1, 0.15) is 30.1 Å². The molecule has 1 heterocycles. The number of likely N-dealkylation sites (tertiary alicyclic amines) is 1. The summed E-state index contributed by atoms with van der Waals surface area (Å²) < 4.78 is 12.9. The highest BCUT2D eigenvalue weighted by molar-refractivity contribution is 6.01. The number of piperidine rings is 1. The molecule has 0 bridgehead atoms. The second-order valence-electron chi connectivity index (χ2n) is 6.64. The second-order valence-corrected chi connectivity index (χ2v) is 6.64. The van der Waals surface area contributed by atoms with Gasteiger partial charge in [-0.3, -0.25) is 4.79 Å². The standard InChI is InChI=1S/C20H22FN3O2/c1-14-9-11-24(12-10-14)19(25)15-3-2-4-18(13-15)23-20(26)22-17-7-5-16(21)6-8-17/h2-8,13-14H,9-12H2,1H3,(H2,22,23,26). The van der Waals surface area contributed by atoms with Crippen LogP contribution >= 0.6 is 0 Å². The zero-order valence-corrected chi connectivity index (χ0v) is 14.7. The zero-order valence-electron chi connectivity index (χ0n) is 14.7. The molecule has 0 unspecified atom stereocenters. The number of carbonyl (C=O) groups is 2. The monoisotopic (exact) mass is 355 g/mol. The largest absolute Gasteiger partial charge is 0.339 e. The molecule has 1 saturated heterocycles. The number of rotatable bonds is 3. The Morgan fingerprint density at radius 1 is 1.00 bits per heavy atom. The molecular weight excluding hydrogens is 333 g/mol. The Labute approximate surface area is 152 Å². The number of amides is 3. The highest BCUT2D eigenvalue weighted by Crippen LogP contribution is 2.20. The lowest BCUT2D eigenvalue weighted by molar-refractivity contribution is 0.0697. The molecule has 1 aliphatic heterocycles. The number of hydrogen-bond donors (Lipinski definition) is 2. The summed E-state index contributed by atoms with van der Waals surface area (Å²) in [7, 11) is 0. The molecule has 1 fully saturated rings. The molecule has 136 valence electrons. The maximum atomic E-state index is 12.9. The van der Waals surface area contributed by atoms with Gasteiger partial charge in [-0.05, 0) is 61.2 Å². The first kappa shape index (κ1) is 17.9. The number of carbonyl (C=O) groups excluding carboxylic acids is 2. The molecule has 1 aliphatic rings. The predicted molar refractivity (Wildman–Crippen MR) is 99.8 cm³/mol. The van der Waals surface area contributed by atoms with Gasteiger partial charge in [-0.25, -0.2) is 9.18 Å². The van der Waals surface area contributed by atoms with Gasteiger partial charge in [0.2, 0.25) is 0 Å². The summed E-state index contributed by atoms with van der Waals surface area (Å²) in [5.41, 5.74) is 1.57. The molecule has 0 radical (unpaired) electrons. The Morgan fingerprint density at radius 3 is 2.35 bits per heavy atom. The van der Waals surface area contributed by atoms with Gasteiger partial charge < -0.3 is 15.5 Å². The molecule has 0 aromatic heterocycles. The smallest absolute Gasteiger partial charge is 0.323 e. The first-order chi connectivity index (χ1) is 12.5. The Morgan fingerprint density at radius 2 is 1.65 bits per heavy atom. The van der Waals surface area contributed by atoms with Crippen molar-refractivity contribution >= 4 is 23.3 Å². The van der Waals surface area contributed by atoms with Gasteiger partial charge in [0.15, 0.2) is 0 Å². The number of nitrogens with one attached hydrogen (secondary N) is 2. The zero-order chi connectivity index (χ0) is 18.5. The SMILES string of the molecule is CC1CCN(C(=O)c2cccc(NC(=O)Nc3ccc(F)cc3)c2)CC1. The van der Waals surface area contributed by atoms with Crippen LogP contribution in [0.15, 0.2) is 48.5 Å². The minimum atomic E-state index is -0.451. The van der Waals surface area contributed by atoms with E-state index in [2.05, 4.69) is 17.6 Å². The van der Waals surface area contributed by atoms with Crippen molar-refractivity contribution in [3.63, 3.8) is 0 Å².